The van der Waals surface area contributed by atoms with Crippen LogP contribution in [0.25, 0.3) is 11.3 Å². The summed E-state index contributed by atoms with van der Waals surface area (Å²) in [6.07, 6.45) is 0. The Hall–Kier alpha value is -3.28. The lowest BCUT2D eigenvalue weighted by atomic mass is 10.1. The maximum atomic E-state index is 12.5. The minimum absolute atomic E-state index is 0.224. The minimum atomic E-state index is -0.224. The molecule has 0 aliphatic rings. The first-order valence-corrected chi connectivity index (χ1v) is 9.00. The third kappa shape index (κ3) is 4.28. The summed E-state index contributed by atoms with van der Waals surface area (Å²) in [5.41, 5.74) is 3.92. The Morgan fingerprint density at radius 3 is 2.33 bits per heavy atom. The van der Waals surface area contributed by atoms with Crippen molar-refractivity contribution in [1.82, 2.24) is 10.2 Å². The molecule has 0 aliphatic carbocycles. The van der Waals surface area contributed by atoms with Gasteiger partial charge in [-0.2, -0.15) is 5.10 Å². The topological polar surface area (TPSA) is 70.2 Å². The highest BCUT2D eigenvalue weighted by atomic mass is 16.5. The molecule has 0 fully saturated rings. The zero-order chi connectivity index (χ0) is 19.2. The van der Waals surface area contributed by atoms with Crippen LogP contribution in [0.1, 0.15) is 24.3 Å². The van der Waals surface area contributed by atoms with Crippen LogP contribution in [0.5, 0.6) is 5.75 Å². The average molecular weight is 364 g/mol. The van der Waals surface area contributed by atoms with Crippen LogP contribution in [0.15, 0.2) is 54.6 Å². The fraction of sp³-hybridized carbons (Fsp3) is 0.238. The molecule has 1 amide bonds. The molecule has 6 heteroatoms. The lowest BCUT2D eigenvalue weighted by Crippen LogP contribution is -2.21. The van der Waals surface area contributed by atoms with Crippen molar-refractivity contribution >= 4 is 17.3 Å². The molecule has 0 spiro atoms. The summed E-state index contributed by atoms with van der Waals surface area (Å²) in [7, 11) is 1.63. The molecule has 27 heavy (non-hydrogen) atoms. The van der Waals surface area contributed by atoms with Crippen LogP contribution in [0.2, 0.25) is 0 Å². The second kappa shape index (κ2) is 8.40. The summed E-state index contributed by atoms with van der Waals surface area (Å²) in [5, 5.41) is 9.92. The van der Waals surface area contributed by atoms with Crippen molar-refractivity contribution in [3.8, 4) is 17.0 Å². The molecule has 1 heterocycles. The second-order valence-electron chi connectivity index (χ2n) is 6.07. The number of amides is 1. The minimum Gasteiger partial charge on any atom is -0.497 e. The molecule has 0 bridgehead atoms. The number of nitrogens with one attached hydrogen (secondary N) is 2. The van der Waals surface area contributed by atoms with Gasteiger partial charge in [-0.05, 0) is 68.4 Å². The van der Waals surface area contributed by atoms with Crippen molar-refractivity contribution < 1.29 is 9.53 Å². The number of hydrogen-bond donors (Lipinski definition) is 2. The van der Waals surface area contributed by atoms with Crippen LogP contribution in [0.3, 0.4) is 0 Å². The van der Waals surface area contributed by atoms with Crippen molar-refractivity contribution in [1.29, 1.82) is 0 Å². The molecule has 3 rings (SSSR count). The standard InChI is InChI=1S/C21H24N4O2/c1-4-25(5-2)17-10-8-16(9-11-17)22-21(26)20-14-19(23-24-20)15-6-12-18(27-3)13-7-15/h6-14H,4-5H2,1-3H3,(H,22,26)(H,23,24). The second-order valence-corrected chi connectivity index (χ2v) is 6.07. The monoisotopic (exact) mass is 364 g/mol. The fourth-order valence-electron chi connectivity index (χ4n) is 2.89. The van der Waals surface area contributed by atoms with Crippen molar-refractivity contribution in [3.05, 3.63) is 60.3 Å². The van der Waals surface area contributed by atoms with Gasteiger partial charge in [0.05, 0.1) is 12.8 Å². The number of aromatic nitrogens is 2. The van der Waals surface area contributed by atoms with Gasteiger partial charge in [-0.1, -0.05) is 0 Å². The molecule has 6 nitrogen and oxygen atoms in total. The quantitative estimate of drug-likeness (QED) is 0.660. The largest absolute Gasteiger partial charge is 0.497 e. The molecular formula is C21H24N4O2. The number of aromatic amines is 1. The number of methoxy groups -OCH3 is 1. The van der Waals surface area contributed by atoms with Crippen molar-refractivity contribution in [2.75, 3.05) is 30.4 Å². The Balaban J connectivity index is 1.68. The first-order chi connectivity index (χ1) is 13.1. The number of carbonyl (C=O) groups excluding carboxylic acids is 1. The van der Waals surface area contributed by atoms with Gasteiger partial charge in [0.25, 0.3) is 5.91 Å². The van der Waals surface area contributed by atoms with Crippen LogP contribution in [-0.2, 0) is 0 Å². The first-order valence-electron chi connectivity index (χ1n) is 9.00. The SMILES string of the molecule is CCN(CC)c1ccc(NC(=O)c2cc(-c3ccc(OC)cc3)n[nH]2)cc1. The van der Waals surface area contributed by atoms with Gasteiger partial charge < -0.3 is 15.0 Å². The van der Waals surface area contributed by atoms with Gasteiger partial charge in [0.1, 0.15) is 11.4 Å². The van der Waals surface area contributed by atoms with E-state index in [0.29, 0.717) is 11.4 Å². The zero-order valence-electron chi connectivity index (χ0n) is 15.8. The van der Waals surface area contributed by atoms with E-state index in [0.717, 1.165) is 35.8 Å². The molecule has 1 aromatic heterocycles. The predicted molar refractivity (Wildman–Crippen MR) is 109 cm³/mol. The Labute approximate surface area is 159 Å². The van der Waals surface area contributed by atoms with Crippen LogP contribution >= 0.6 is 0 Å². The third-order valence-electron chi connectivity index (χ3n) is 4.46. The number of H-pyrrole nitrogens is 1. The fourth-order valence-corrected chi connectivity index (χ4v) is 2.89. The van der Waals surface area contributed by atoms with Crippen LogP contribution in [0.4, 0.5) is 11.4 Å². The Kier molecular flexibility index (Phi) is 5.76. The highest BCUT2D eigenvalue weighted by Crippen LogP contribution is 2.22. The van der Waals surface area contributed by atoms with Crippen LogP contribution in [0, 0.1) is 0 Å². The van der Waals surface area contributed by atoms with E-state index in [1.165, 1.54) is 0 Å². The number of anilines is 2. The molecule has 2 N–H and O–H groups in total. The van der Waals surface area contributed by atoms with Crippen LogP contribution in [-0.4, -0.2) is 36.3 Å². The van der Waals surface area contributed by atoms with E-state index in [1.807, 2.05) is 48.5 Å². The number of rotatable bonds is 7. The first kappa shape index (κ1) is 18.5. The predicted octanol–water partition coefficient (Wildman–Crippen LogP) is 4.18. The number of hydrogen-bond acceptors (Lipinski definition) is 4. The molecule has 2 aromatic carbocycles. The highest BCUT2D eigenvalue weighted by Gasteiger charge is 2.12. The number of nitrogens with zero attached hydrogens (tertiary/aromatic N) is 2. The Morgan fingerprint density at radius 1 is 1.07 bits per heavy atom. The lowest BCUT2D eigenvalue weighted by Gasteiger charge is -2.21. The summed E-state index contributed by atoms with van der Waals surface area (Å²) in [5.74, 6) is 0.554. The molecule has 0 radical (unpaired) electrons. The summed E-state index contributed by atoms with van der Waals surface area (Å²) in [6.45, 7) is 6.14. The lowest BCUT2D eigenvalue weighted by molar-refractivity contribution is 0.102. The summed E-state index contributed by atoms with van der Waals surface area (Å²) in [6, 6.07) is 17.1. The zero-order valence-corrected chi connectivity index (χ0v) is 15.8. The van der Waals surface area contributed by atoms with Gasteiger partial charge in [0.2, 0.25) is 0 Å². The molecule has 0 saturated heterocycles. The van der Waals surface area contributed by atoms with Gasteiger partial charge in [-0.15, -0.1) is 0 Å². The van der Waals surface area contributed by atoms with E-state index in [1.54, 1.807) is 13.2 Å². The van der Waals surface area contributed by atoms with Gasteiger partial charge in [0, 0.05) is 30.0 Å². The molecule has 0 aliphatic heterocycles. The van der Waals surface area contributed by atoms with Gasteiger partial charge in [0.15, 0.2) is 0 Å². The maximum absolute atomic E-state index is 12.5. The van der Waals surface area contributed by atoms with E-state index in [2.05, 4.69) is 34.3 Å². The number of carbonyl (C=O) groups is 1. The van der Waals surface area contributed by atoms with E-state index >= 15 is 0 Å². The number of benzene rings is 2. The molecule has 3 aromatic rings. The van der Waals surface area contributed by atoms with E-state index in [-0.39, 0.29) is 5.91 Å². The van der Waals surface area contributed by atoms with Gasteiger partial charge in [-0.25, -0.2) is 0 Å². The highest BCUT2D eigenvalue weighted by molar-refractivity contribution is 6.03. The molecular weight excluding hydrogens is 340 g/mol. The van der Waals surface area contributed by atoms with Gasteiger partial charge in [-0.3, -0.25) is 9.89 Å². The molecule has 140 valence electrons. The van der Waals surface area contributed by atoms with Crippen molar-refractivity contribution in [2.24, 2.45) is 0 Å². The average Bonchev–Trinajstić information content (AvgIpc) is 3.21. The molecule has 0 saturated carbocycles. The molecule has 0 atom stereocenters. The smallest absolute Gasteiger partial charge is 0.273 e. The molecule has 0 unspecified atom stereocenters. The van der Waals surface area contributed by atoms with E-state index in [4.69, 9.17) is 4.74 Å². The summed E-state index contributed by atoms with van der Waals surface area (Å²) in [4.78, 5) is 14.7. The summed E-state index contributed by atoms with van der Waals surface area (Å²) >= 11 is 0. The third-order valence-corrected chi connectivity index (χ3v) is 4.46. The normalized spacial score (nSPS) is 10.5. The van der Waals surface area contributed by atoms with Crippen LogP contribution < -0.4 is 15.0 Å². The summed E-state index contributed by atoms with van der Waals surface area (Å²) < 4.78 is 5.16. The van der Waals surface area contributed by atoms with E-state index < -0.39 is 0 Å². The maximum Gasteiger partial charge on any atom is 0.273 e. The van der Waals surface area contributed by atoms with Crippen molar-refractivity contribution in [3.63, 3.8) is 0 Å². The Morgan fingerprint density at radius 2 is 1.74 bits per heavy atom. The number of ether oxygens (including phenoxy) is 1. The van der Waals surface area contributed by atoms with Crippen molar-refractivity contribution in [2.45, 2.75) is 13.8 Å². The van der Waals surface area contributed by atoms with Gasteiger partial charge >= 0.3 is 0 Å². The Bertz CT molecular complexity index is 881. The van der Waals surface area contributed by atoms with E-state index in [9.17, 15) is 4.79 Å².